The molecular formula is H4Na2P4. The van der Waals surface area contributed by atoms with Crippen LogP contribution in [0.3, 0.4) is 0 Å². The first-order chi connectivity index (χ1) is 1.91. The molecule has 3 unspecified atom stereocenters. The summed E-state index contributed by atoms with van der Waals surface area (Å²) >= 11 is 0. The number of rotatable bonds is 1. The van der Waals surface area contributed by atoms with Crippen LogP contribution < -0.4 is 59.1 Å². The zero-order chi connectivity index (χ0) is 3.41. The van der Waals surface area contributed by atoms with Gasteiger partial charge in [-0.2, -0.15) is 0 Å². The van der Waals surface area contributed by atoms with Gasteiger partial charge < -0.3 is 16.9 Å². The molecule has 0 aliphatic heterocycles. The Balaban J connectivity index is -0.0000000450. The Morgan fingerprint density at radius 3 is 1.50 bits per heavy atom. The third-order valence-corrected chi connectivity index (χ3v) is 5.23. The molecule has 0 aromatic rings. The molecule has 0 amide bonds. The largest absolute Gasteiger partial charge is 1.45 e. The smallest absolute Gasteiger partial charge is 1.00 e. The van der Waals surface area contributed by atoms with Crippen molar-refractivity contribution in [2.45, 2.75) is 0 Å². The van der Waals surface area contributed by atoms with Crippen LogP contribution >= 0.6 is 33.8 Å². The molecule has 0 heterocycles. The van der Waals surface area contributed by atoms with Gasteiger partial charge in [-0.3, -0.25) is 0 Å². The van der Waals surface area contributed by atoms with Crippen LogP contribution in [-0.2, 0) is 0 Å². The Morgan fingerprint density at radius 2 is 1.50 bits per heavy atom. The van der Waals surface area contributed by atoms with Crippen molar-refractivity contribution in [2.75, 3.05) is 0 Å². The van der Waals surface area contributed by atoms with Crippen LogP contribution in [0.15, 0.2) is 0 Å². The normalized spacial score (nSPS) is 9.00. The minimum absolute atomic E-state index is 0. The second-order valence-corrected chi connectivity index (χ2v) is 6.92. The zero-order valence-corrected chi connectivity index (χ0v) is 12.1. The number of hydrogen-bond acceptors (Lipinski definition) is 0. The summed E-state index contributed by atoms with van der Waals surface area (Å²) in [7, 11) is 8.33. The average Bonchev–Trinajstić information content (AvgIpc) is 1.37. The maximum Gasteiger partial charge on any atom is 1.00 e. The van der Waals surface area contributed by atoms with E-state index in [4.69, 9.17) is 0 Å². The third-order valence-electron chi connectivity index (χ3n) is 0.0645. The van der Waals surface area contributed by atoms with Crippen LogP contribution in [0.1, 0.15) is 0 Å². The number of hydrogen-bond donors (Lipinski definition) is 0. The topological polar surface area (TPSA) is 0 Å². The Bertz CT molecular complexity index is 7.51. The van der Waals surface area contributed by atoms with Crippen molar-refractivity contribution in [2.24, 2.45) is 0 Å². The molecule has 6 heteroatoms. The maximum atomic E-state index is 3.94. The maximum absolute atomic E-state index is 3.94. The van der Waals surface area contributed by atoms with E-state index in [1.807, 2.05) is 0 Å². The van der Waals surface area contributed by atoms with Crippen molar-refractivity contribution in [3.63, 3.8) is 0 Å². The summed E-state index contributed by atoms with van der Waals surface area (Å²) in [4.78, 5) is 0. The minimum Gasteiger partial charge on any atom is -1.45 e. The van der Waals surface area contributed by atoms with Gasteiger partial charge in [0, 0.05) is 0 Å². The van der Waals surface area contributed by atoms with Crippen LogP contribution in [-0.4, -0.2) is 0 Å². The molecule has 0 fully saturated rings. The standard InChI is InChI=1S/2Na.H4P4/c;;1-3-4-2/h;;3-4H,1H2/q2*+1;-2. The first-order valence-corrected chi connectivity index (χ1v) is 6.86. The first-order valence-electron chi connectivity index (χ1n) is 0.762. The molecule has 0 aliphatic rings. The van der Waals surface area contributed by atoms with Crippen molar-refractivity contribution in [3.8, 4) is 0 Å². The van der Waals surface area contributed by atoms with E-state index >= 15 is 0 Å². The molecule has 0 saturated carbocycles. The van der Waals surface area contributed by atoms with E-state index in [9.17, 15) is 0 Å². The summed E-state index contributed by atoms with van der Waals surface area (Å²) in [6.07, 6.45) is 0. The molecule has 0 nitrogen and oxygen atoms in total. The molecule has 3 atom stereocenters. The molecule has 0 radical (unpaired) electrons. The predicted molar refractivity (Wildman–Crippen MR) is 33.3 cm³/mol. The summed E-state index contributed by atoms with van der Waals surface area (Å²) in [6.45, 7) is 0. The third kappa shape index (κ3) is 15.6. The van der Waals surface area contributed by atoms with Crippen molar-refractivity contribution >= 4 is 33.8 Å². The van der Waals surface area contributed by atoms with Crippen LogP contribution in [0, 0.1) is 0 Å². The SMILES string of the molecule is [Na+].[Na+].[P-2]PPP. The fourth-order valence-electron chi connectivity index (χ4n) is 0. The van der Waals surface area contributed by atoms with E-state index in [0.29, 0.717) is 0 Å². The summed E-state index contributed by atoms with van der Waals surface area (Å²) in [6, 6.07) is 0. The molecule has 0 saturated heterocycles. The van der Waals surface area contributed by atoms with Crippen LogP contribution in [0.4, 0.5) is 0 Å². The Labute approximate surface area is 91.4 Å². The van der Waals surface area contributed by atoms with Gasteiger partial charge in [-0.1, -0.05) is 0 Å². The minimum atomic E-state index is 0. The molecule has 0 aliphatic carbocycles. The van der Waals surface area contributed by atoms with Gasteiger partial charge in [-0.15, -0.1) is 16.9 Å². The Kier molecular flexibility index (Phi) is 43.3. The van der Waals surface area contributed by atoms with E-state index < -0.39 is 0 Å². The van der Waals surface area contributed by atoms with Crippen molar-refractivity contribution in [1.82, 2.24) is 0 Å². The van der Waals surface area contributed by atoms with Crippen LogP contribution in [0.5, 0.6) is 0 Å². The van der Waals surface area contributed by atoms with E-state index in [-0.39, 0.29) is 59.1 Å². The molecular weight excluding hydrogens is 170 g/mol. The Morgan fingerprint density at radius 1 is 1.33 bits per heavy atom. The van der Waals surface area contributed by atoms with Gasteiger partial charge in [0.05, 0.1) is 0 Å². The van der Waals surface area contributed by atoms with Gasteiger partial charge in [0.25, 0.3) is 0 Å². The molecule has 0 aromatic heterocycles. The molecule has 0 bridgehead atoms. The average molecular weight is 174 g/mol. The monoisotopic (exact) mass is 174 g/mol. The van der Waals surface area contributed by atoms with Gasteiger partial charge in [-0.05, 0) is 0 Å². The van der Waals surface area contributed by atoms with Gasteiger partial charge in [-0.25, -0.2) is 0 Å². The fourth-order valence-corrected chi connectivity index (χ4v) is 0. The second-order valence-electron chi connectivity index (χ2n) is 0.256. The molecule has 0 spiro atoms. The summed E-state index contributed by atoms with van der Waals surface area (Å²) in [5.41, 5.74) is 0. The van der Waals surface area contributed by atoms with Gasteiger partial charge in [0.15, 0.2) is 0 Å². The quantitative estimate of drug-likeness (QED) is 0.284. The van der Waals surface area contributed by atoms with Crippen LogP contribution in [0.2, 0.25) is 0 Å². The summed E-state index contributed by atoms with van der Waals surface area (Å²) < 4.78 is 0. The molecule has 0 N–H and O–H groups in total. The van der Waals surface area contributed by atoms with Crippen LogP contribution in [0.25, 0.3) is 0 Å². The van der Waals surface area contributed by atoms with Crippen molar-refractivity contribution < 1.29 is 59.1 Å². The molecule has 0 aromatic carbocycles. The van der Waals surface area contributed by atoms with Crippen molar-refractivity contribution in [3.05, 3.63) is 0 Å². The summed E-state index contributed by atoms with van der Waals surface area (Å²) in [5.74, 6) is 0. The van der Waals surface area contributed by atoms with E-state index in [2.05, 4.69) is 17.9 Å². The fraction of sp³-hybridized carbons (Fsp3) is 0. The van der Waals surface area contributed by atoms with Gasteiger partial charge in [0.1, 0.15) is 0 Å². The van der Waals surface area contributed by atoms with Crippen molar-refractivity contribution in [1.29, 1.82) is 0 Å². The van der Waals surface area contributed by atoms with E-state index in [1.165, 1.54) is 0 Å². The second kappa shape index (κ2) is 15.9. The molecule has 0 rings (SSSR count). The van der Waals surface area contributed by atoms with Gasteiger partial charge >= 0.3 is 59.1 Å². The predicted octanol–water partition coefficient (Wildman–Crippen LogP) is -3.62. The van der Waals surface area contributed by atoms with E-state index in [0.717, 1.165) is 15.9 Å². The summed E-state index contributed by atoms with van der Waals surface area (Å²) in [5, 5.41) is 0. The first kappa shape index (κ1) is 16.4. The zero-order valence-electron chi connectivity index (χ0n) is 4.02. The molecule has 26 valence electrons. The van der Waals surface area contributed by atoms with E-state index in [1.54, 1.807) is 0 Å². The van der Waals surface area contributed by atoms with Gasteiger partial charge in [0.2, 0.25) is 0 Å². The Hall–Kier alpha value is 3.72. The molecule has 6 heavy (non-hydrogen) atoms.